The van der Waals surface area contributed by atoms with Crippen molar-refractivity contribution in [2.24, 2.45) is 5.73 Å². The summed E-state index contributed by atoms with van der Waals surface area (Å²) in [5.41, 5.74) is 5.53. The van der Waals surface area contributed by atoms with Crippen molar-refractivity contribution in [3.63, 3.8) is 0 Å². The fourth-order valence-corrected chi connectivity index (χ4v) is 3.64. The standard InChI is InChI=1S/C13H31NO2Si/c1-4-6-9-13(10-7-5-2)16-17(15-3)12-8-11-14/h13,17H,4-12,14H2,1-3H3. The molecule has 3 nitrogen and oxygen atoms in total. The van der Waals surface area contributed by atoms with Crippen molar-refractivity contribution in [2.75, 3.05) is 13.7 Å². The molecule has 17 heavy (non-hydrogen) atoms. The molecular weight excluding hydrogens is 230 g/mol. The van der Waals surface area contributed by atoms with Gasteiger partial charge in [0.1, 0.15) is 0 Å². The van der Waals surface area contributed by atoms with Crippen molar-refractivity contribution < 1.29 is 8.85 Å². The Morgan fingerprint density at radius 2 is 1.65 bits per heavy atom. The van der Waals surface area contributed by atoms with E-state index < -0.39 is 9.28 Å². The van der Waals surface area contributed by atoms with Crippen LogP contribution in [0.5, 0.6) is 0 Å². The first kappa shape index (κ1) is 17.1. The van der Waals surface area contributed by atoms with Gasteiger partial charge in [0.2, 0.25) is 0 Å². The van der Waals surface area contributed by atoms with Crippen LogP contribution in [0.3, 0.4) is 0 Å². The summed E-state index contributed by atoms with van der Waals surface area (Å²) >= 11 is 0. The minimum absolute atomic E-state index is 0.421. The molecule has 0 aliphatic rings. The molecule has 0 aromatic rings. The Hall–Kier alpha value is 0.0969. The molecule has 2 N–H and O–H groups in total. The number of hydrogen-bond donors (Lipinski definition) is 1. The molecule has 0 amide bonds. The summed E-state index contributed by atoms with van der Waals surface area (Å²) < 4.78 is 11.7. The van der Waals surface area contributed by atoms with E-state index in [2.05, 4.69) is 13.8 Å². The molecule has 0 aromatic carbocycles. The van der Waals surface area contributed by atoms with E-state index >= 15 is 0 Å². The lowest BCUT2D eigenvalue weighted by Gasteiger charge is -2.23. The van der Waals surface area contributed by atoms with Gasteiger partial charge in [-0.2, -0.15) is 0 Å². The van der Waals surface area contributed by atoms with E-state index in [4.69, 9.17) is 14.6 Å². The predicted molar refractivity (Wildman–Crippen MR) is 76.6 cm³/mol. The first-order chi connectivity index (χ1) is 8.28. The molecule has 0 aliphatic heterocycles. The number of nitrogens with two attached hydrogens (primary N) is 1. The van der Waals surface area contributed by atoms with E-state index in [1.807, 2.05) is 0 Å². The Morgan fingerprint density at radius 3 is 2.06 bits per heavy atom. The van der Waals surface area contributed by atoms with Crippen LogP contribution in [0.4, 0.5) is 0 Å². The third-order valence-electron chi connectivity index (χ3n) is 3.01. The third-order valence-corrected chi connectivity index (χ3v) is 5.10. The Morgan fingerprint density at radius 1 is 1.06 bits per heavy atom. The maximum Gasteiger partial charge on any atom is 0.321 e. The maximum absolute atomic E-state index is 6.17. The molecule has 0 rings (SSSR count). The molecule has 0 fully saturated rings. The first-order valence-corrected chi connectivity index (χ1v) is 8.92. The zero-order chi connectivity index (χ0) is 12.9. The summed E-state index contributed by atoms with van der Waals surface area (Å²) in [6.45, 7) is 5.21. The molecule has 0 saturated heterocycles. The van der Waals surface area contributed by atoms with Crippen LogP contribution in [-0.4, -0.2) is 29.0 Å². The van der Waals surface area contributed by atoms with Crippen molar-refractivity contribution in [1.29, 1.82) is 0 Å². The molecule has 0 spiro atoms. The lowest BCUT2D eigenvalue weighted by molar-refractivity contribution is 0.130. The van der Waals surface area contributed by atoms with Crippen LogP contribution in [0.15, 0.2) is 0 Å². The van der Waals surface area contributed by atoms with Crippen LogP contribution in [-0.2, 0) is 8.85 Å². The molecule has 4 heteroatoms. The van der Waals surface area contributed by atoms with Crippen LogP contribution < -0.4 is 5.73 Å². The van der Waals surface area contributed by atoms with Gasteiger partial charge in [-0.3, -0.25) is 0 Å². The average Bonchev–Trinajstić information content (AvgIpc) is 2.36. The molecule has 0 radical (unpaired) electrons. The van der Waals surface area contributed by atoms with Gasteiger partial charge in [-0.25, -0.2) is 0 Å². The molecule has 0 saturated carbocycles. The summed E-state index contributed by atoms with van der Waals surface area (Å²) in [6.07, 6.45) is 8.83. The van der Waals surface area contributed by atoms with Gasteiger partial charge in [-0.1, -0.05) is 39.5 Å². The van der Waals surface area contributed by atoms with Crippen LogP contribution in [0.2, 0.25) is 6.04 Å². The first-order valence-electron chi connectivity index (χ1n) is 7.16. The van der Waals surface area contributed by atoms with Crippen molar-refractivity contribution in [1.82, 2.24) is 0 Å². The monoisotopic (exact) mass is 261 g/mol. The van der Waals surface area contributed by atoms with E-state index in [0.717, 1.165) is 19.0 Å². The average molecular weight is 261 g/mol. The fourth-order valence-electron chi connectivity index (χ4n) is 1.88. The number of rotatable bonds is 12. The smallest absolute Gasteiger partial charge is 0.321 e. The van der Waals surface area contributed by atoms with E-state index in [0.29, 0.717) is 6.10 Å². The lowest BCUT2D eigenvalue weighted by atomic mass is 10.1. The zero-order valence-electron chi connectivity index (χ0n) is 11.9. The second-order valence-corrected chi connectivity index (χ2v) is 6.82. The van der Waals surface area contributed by atoms with Gasteiger partial charge in [0.25, 0.3) is 0 Å². The van der Waals surface area contributed by atoms with Gasteiger partial charge in [0.05, 0.1) is 0 Å². The number of hydrogen-bond acceptors (Lipinski definition) is 3. The van der Waals surface area contributed by atoms with Crippen molar-refractivity contribution in [3.05, 3.63) is 0 Å². The molecule has 0 heterocycles. The second kappa shape index (κ2) is 12.6. The van der Waals surface area contributed by atoms with Crippen molar-refractivity contribution in [2.45, 2.75) is 70.9 Å². The highest BCUT2D eigenvalue weighted by Crippen LogP contribution is 2.15. The highest BCUT2D eigenvalue weighted by Gasteiger charge is 2.17. The predicted octanol–water partition coefficient (Wildman–Crippen LogP) is 2.97. The minimum atomic E-state index is -1.45. The number of unbranched alkanes of at least 4 members (excludes halogenated alkanes) is 2. The second-order valence-electron chi connectivity index (χ2n) is 4.64. The summed E-state index contributed by atoms with van der Waals surface area (Å²) in [5.74, 6) is 0. The summed E-state index contributed by atoms with van der Waals surface area (Å²) in [6, 6.07) is 1.04. The van der Waals surface area contributed by atoms with Gasteiger partial charge in [0.15, 0.2) is 0 Å². The Kier molecular flexibility index (Phi) is 12.6. The normalized spacial score (nSPS) is 13.2. The van der Waals surface area contributed by atoms with Crippen molar-refractivity contribution in [3.8, 4) is 0 Å². The van der Waals surface area contributed by atoms with E-state index in [1.54, 1.807) is 7.11 Å². The zero-order valence-corrected chi connectivity index (χ0v) is 13.1. The van der Waals surface area contributed by atoms with Gasteiger partial charge < -0.3 is 14.6 Å². The van der Waals surface area contributed by atoms with Gasteiger partial charge in [-0.15, -0.1) is 0 Å². The van der Waals surface area contributed by atoms with Crippen LogP contribution in [0.25, 0.3) is 0 Å². The van der Waals surface area contributed by atoms with Crippen LogP contribution >= 0.6 is 0 Å². The minimum Gasteiger partial charge on any atom is -0.400 e. The van der Waals surface area contributed by atoms with E-state index in [9.17, 15) is 0 Å². The van der Waals surface area contributed by atoms with Gasteiger partial charge in [0, 0.05) is 13.2 Å². The van der Waals surface area contributed by atoms with E-state index in [-0.39, 0.29) is 0 Å². The highest BCUT2D eigenvalue weighted by molar-refractivity contribution is 6.44. The van der Waals surface area contributed by atoms with Gasteiger partial charge in [-0.05, 0) is 31.9 Å². The largest absolute Gasteiger partial charge is 0.400 e. The molecule has 1 atom stereocenters. The molecule has 1 unspecified atom stereocenters. The summed E-state index contributed by atoms with van der Waals surface area (Å²) in [7, 11) is 0.328. The van der Waals surface area contributed by atoms with Gasteiger partial charge >= 0.3 is 9.28 Å². The topological polar surface area (TPSA) is 44.5 Å². The maximum atomic E-state index is 6.17. The molecule has 0 aliphatic carbocycles. The Balaban J connectivity index is 3.97. The quantitative estimate of drug-likeness (QED) is 0.549. The van der Waals surface area contributed by atoms with Crippen LogP contribution in [0.1, 0.15) is 58.8 Å². The Bertz CT molecular complexity index is 150. The summed E-state index contributed by atoms with van der Waals surface area (Å²) in [4.78, 5) is 0. The molecular formula is C13H31NO2Si. The highest BCUT2D eigenvalue weighted by atomic mass is 28.3. The summed E-state index contributed by atoms with van der Waals surface area (Å²) in [5, 5.41) is 0. The fraction of sp³-hybridized carbons (Fsp3) is 1.00. The van der Waals surface area contributed by atoms with Crippen molar-refractivity contribution >= 4 is 9.28 Å². The van der Waals surface area contributed by atoms with E-state index in [1.165, 1.54) is 38.5 Å². The van der Waals surface area contributed by atoms with Crippen LogP contribution in [0, 0.1) is 0 Å². The molecule has 104 valence electrons. The third kappa shape index (κ3) is 9.77. The SMILES string of the molecule is CCCCC(CCCC)O[SiH](CCCN)OC. The Labute approximate surface area is 109 Å². The molecule has 0 bridgehead atoms. The lowest BCUT2D eigenvalue weighted by Crippen LogP contribution is -2.28. The molecule has 0 aromatic heterocycles.